The quantitative estimate of drug-likeness (QED) is 0.0235. The van der Waals surface area contributed by atoms with E-state index in [-0.39, 0.29) is 16.4 Å². The van der Waals surface area contributed by atoms with Crippen molar-refractivity contribution in [3.8, 4) is 0 Å². The molecule has 0 saturated heterocycles. The Morgan fingerprint density at radius 3 is 1.04 bits per heavy atom. The van der Waals surface area contributed by atoms with Gasteiger partial charge in [-0.3, -0.25) is 9.59 Å². The first-order valence-corrected chi connectivity index (χ1v) is 20.9. The number of nitrogens with zero attached hydrogens (tertiary/aromatic N) is 1. The first-order valence-electron chi connectivity index (χ1n) is 20.9. The zero-order valence-corrected chi connectivity index (χ0v) is 33.4. The smallest absolute Gasteiger partial charge is 0.310 e. The van der Waals surface area contributed by atoms with Gasteiger partial charge in [0.1, 0.15) is 0 Å². The van der Waals surface area contributed by atoms with Crippen LogP contribution in [0.15, 0.2) is 24.3 Å². The van der Waals surface area contributed by atoms with Crippen LogP contribution in [0.1, 0.15) is 214 Å². The Balaban J connectivity index is 4.07. The Kier molecular flexibility index (Phi) is 32.3. The maximum absolute atomic E-state index is 12.6. The average molecular weight is 693 g/mol. The number of allylic oxidation sites excluding steroid dienone is 4. The fraction of sp³-hybridized carbons (Fsp3) is 0.860. The van der Waals surface area contributed by atoms with Crippen LogP contribution in [-0.4, -0.2) is 47.3 Å². The topological polar surface area (TPSA) is 72.8 Å². The summed E-state index contributed by atoms with van der Waals surface area (Å²) in [7, 11) is 1.78. The van der Waals surface area contributed by atoms with Crippen molar-refractivity contribution in [2.24, 2.45) is 0 Å². The number of ether oxygens (including phenoxy) is 2. The predicted octanol–water partition coefficient (Wildman–Crippen LogP) is 12.6. The van der Waals surface area contributed by atoms with Gasteiger partial charge in [-0.15, -0.1) is 0 Å². The third kappa shape index (κ3) is 26.8. The van der Waals surface area contributed by atoms with E-state index in [1.54, 1.807) is 27.8 Å². The van der Waals surface area contributed by atoms with E-state index >= 15 is 0 Å². The molecule has 0 aromatic rings. The van der Waals surface area contributed by atoms with Gasteiger partial charge in [0, 0.05) is 33.6 Å². The van der Waals surface area contributed by atoms with Gasteiger partial charge in [0.05, 0.1) is 7.05 Å². The number of aliphatic hydroxyl groups is 1. The standard InChI is InChI=1S/C43H82NO5/c1-7-9-11-13-15-17-19-21-23-25-27-29-31-33-35-37-42(46)48-40(4)44(6,39(3)45)41(5)49-43(47)38-36-34-32-30-28-26-24-22-20-18-16-14-12-10-8-2/h21-24,39-41,45H,7-20,25-38H2,1-6H3/q+1/b23-21-,24-22-. The Labute approximate surface area is 304 Å². The lowest BCUT2D eigenvalue weighted by atomic mass is 10.1. The predicted molar refractivity (Wildman–Crippen MR) is 208 cm³/mol. The molecule has 6 nitrogen and oxygen atoms in total. The lowest BCUT2D eigenvalue weighted by Gasteiger charge is -2.44. The van der Waals surface area contributed by atoms with Crippen molar-refractivity contribution in [2.45, 2.75) is 233 Å². The molecule has 288 valence electrons. The van der Waals surface area contributed by atoms with Crippen LogP contribution in [0.3, 0.4) is 0 Å². The third-order valence-corrected chi connectivity index (χ3v) is 10.3. The maximum atomic E-state index is 12.6. The lowest BCUT2D eigenvalue weighted by molar-refractivity contribution is -1.02. The second-order valence-electron chi connectivity index (χ2n) is 14.7. The van der Waals surface area contributed by atoms with Crippen molar-refractivity contribution in [1.29, 1.82) is 0 Å². The molecule has 49 heavy (non-hydrogen) atoms. The summed E-state index contributed by atoms with van der Waals surface area (Å²) in [4.78, 5) is 25.3. The zero-order chi connectivity index (χ0) is 36.4. The molecular weight excluding hydrogens is 610 g/mol. The zero-order valence-electron chi connectivity index (χ0n) is 33.4. The molecule has 0 rings (SSSR count). The molecular formula is C43H82NO5+. The Morgan fingerprint density at radius 2 is 0.755 bits per heavy atom. The third-order valence-electron chi connectivity index (χ3n) is 10.3. The Bertz CT molecular complexity index is 763. The molecule has 0 aliphatic rings. The highest BCUT2D eigenvalue weighted by atomic mass is 16.6. The molecule has 3 unspecified atom stereocenters. The molecule has 0 fully saturated rings. The number of esters is 2. The molecule has 3 atom stereocenters. The van der Waals surface area contributed by atoms with Crippen molar-refractivity contribution in [3.63, 3.8) is 0 Å². The van der Waals surface area contributed by atoms with Gasteiger partial charge in [0.25, 0.3) is 0 Å². The highest BCUT2D eigenvalue weighted by Gasteiger charge is 2.43. The molecule has 0 radical (unpaired) electrons. The summed E-state index contributed by atoms with van der Waals surface area (Å²) >= 11 is 0. The van der Waals surface area contributed by atoms with Gasteiger partial charge in [-0.1, -0.05) is 141 Å². The molecule has 0 heterocycles. The van der Waals surface area contributed by atoms with Crippen LogP contribution < -0.4 is 0 Å². The number of carbonyl (C=O) groups excluding carboxylic acids is 2. The number of quaternary nitrogens is 1. The molecule has 0 saturated carbocycles. The van der Waals surface area contributed by atoms with E-state index in [0.717, 1.165) is 51.4 Å². The fourth-order valence-electron chi connectivity index (χ4n) is 6.31. The maximum Gasteiger partial charge on any atom is 0.310 e. The summed E-state index contributed by atoms with van der Waals surface area (Å²) in [5.41, 5.74) is 0. The number of rotatable bonds is 35. The van der Waals surface area contributed by atoms with E-state index in [0.29, 0.717) is 12.8 Å². The molecule has 0 aliphatic heterocycles. The summed E-state index contributed by atoms with van der Waals surface area (Å²) in [6.45, 7) is 9.73. The number of carbonyl (C=O) groups is 2. The van der Waals surface area contributed by atoms with Crippen LogP contribution in [0, 0.1) is 0 Å². The number of aliphatic hydroxyl groups excluding tert-OH is 1. The van der Waals surface area contributed by atoms with Gasteiger partial charge in [0.15, 0.2) is 6.23 Å². The lowest BCUT2D eigenvalue weighted by Crippen LogP contribution is -2.63. The van der Waals surface area contributed by atoms with E-state index in [2.05, 4.69) is 38.2 Å². The van der Waals surface area contributed by atoms with Crippen LogP contribution >= 0.6 is 0 Å². The Hall–Kier alpha value is -1.66. The van der Waals surface area contributed by atoms with Crippen LogP contribution in [0.2, 0.25) is 0 Å². The highest BCUT2D eigenvalue weighted by Crippen LogP contribution is 2.24. The van der Waals surface area contributed by atoms with Gasteiger partial charge >= 0.3 is 11.9 Å². The molecule has 0 spiro atoms. The van der Waals surface area contributed by atoms with Crippen LogP contribution in [-0.2, 0) is 19.1 Å². The van der Waals surface area contributed by atoms with Crippen molar-refractivity contribution in [2.75, 3.05) is 7.05 Å². The molecule has 1 N–H and O–H groups in total. The second kappa shape index (κ2) is 33.5. The molecule has 0 aromatic heterocycles. The van der Waals surface area contributed by atoms with Gasteiger partial charge in [-0.25, -0.2) is 4.48 Å². The minimum Gasteiger partial charge on any atom is -0.412 e. The van der Waals surface area contributed by atoms with Crippen molar-refractivity contribution < 1.29 is 28.7 Å². The monoisotopic (exact) mass is 693 g/mol. The highest BCUT2D eigenvalue weighted by molar-refractivity contribution is 5.69. The summed E-state index contributed by atoms with van der Waals surface area (Å²) < 4.78 is 11.4. The van der Waals surface area contributed by atoms with Gasteiger partial charge in [-0.05, 0) is 64.2 Å². The summed E-state index contributed by atoms with van der Waals surface area (Å²) in [6.07, 6.45) is 39.5. The number of hydrogen-bond acceptors (Lipinski definition) is 5. The van der Waals surface area contributed by atoms with E-state index in [1.807, 2.05) is 0 Å². The number of unbranched alkanes of at least 4 members (excludes halogenated alkanes) is 22. The summed E-state index contributed by atoms with van der Waals surface area (Å²) in [5, 5.41) is 10.7. The van der Waals surface area contributed by atoms with Crippen LogP contribution in [0.4, 0.5) is 0 Å². The second-order valence-corrected chi connectivity index (χ2v) is 14.7. The molecule has 6 heteroatoms. The molecule has 0 bridgehead atoms. The van der Waals surface area contributed by atoms with E-state index in [1.165, 1.54) is 116 Å². The minimum atomic E-state index is -0.870. The molecule has 0 aliphatic carbocycles. The van der Waals surface area contributed by atoms with Gasteiger partial charge in [0.2, 0.25) is 12.5 Å². The van der Waals surface area contributed by atoms with Crippen molar-refractivity contribution in [1.82, 2.24) is 0 Å². The van der Waals surface area contributed by atoms with E-state index in [4.69, 9.17) is 9.47 Å². The van der Waals surface area contributed by atoms with Crippen molar-refractivity contribution >= 4 is 11.9 Å². The first-order chi connectivity index (χ1) is 23.7. The van der Waals surface area contributed by atoms with Gasteiger partial charge < -0.3 is 14.6 Å². The summed E-state index contributed by atoms with van der Waals surface area (Å²) in [5.74, 6) is -0.524. The van der Waals surface area contributed by atoms with Gasteiger partial charge in [-0.2, -0.15) is 0 Å². The van der Waals surface area contributed by atoms with Crippen LogP contribution in [0.25, 0.3) is 0 Å². The van der Waals surface area contributed by atoms with E-state index < -0.39 is 18.7 Å². The SMILES string of the molecule is CCCCCCCC/C=C\CCCCCCCC(=O)OC(C)[N+](C)(C(C)O)C(C)OC(=O)CCCCCCC/C=C\CCCCCCCC. The number of hydrogen-bond donors (Lipinski definition) is 1. The van der Waals surface area contributed by atoms with Crippen molar-refractivity contribution in [3.05, 3.63) is 24.3 Å². The largest absolute Gasteiger partial charge is 0.412 e. The molecule has 0 amide bonds. The molecule has 0 aromatic carbocycles. The fourth-order valence-corrected chi connectivity index (χ4v) is 6.31. The average Bonchev–Trinajstić information content (AvgIpc) is 3.07. The first kappa shape index (κ1) is 47.3. The van der Waals surface area contributed by atoms with Crippen LogP contribution in [0.5, 0.6) is 0 Å². The normalized spacial score (nSPS) is 15.0. The Morgan fingerprint density at radius 1 is 0.490 bits per heavy atom. The minimum absolute atomic E-state index is 0.0871. The summed E-state index contributed by atoms with van der Waals surface area (Å²) in [6, 6.07) is 0. The van der Waals surface area contributed by atoms with E-state index in [9.17, 15) is 14.7 Å².